The van der Waals surface area contributed by atoms with E-state index in [2.05, 4.69) is 36.0 Å². The van der Waals surface area contributed by atoms with Crippen LogP contribution in [0.4, 0.5) is 0 Å². The summed E-state index contributed by atoms with van der Waals surface area (Å²) in [6.07, 6.45) is 7.02. The molecule has 1 N–H and O–H groups in total. The summed E-state index contributed by atoms with van der Waals surface area (Å²) in [7, 11) is 2.34. The number of nitrogens with zero attached hydrogens (tertiary/aromatic N) is 2. The third kappa shape index (κ3) is 3.50. The Morgan fingerprint density at radius 3 is 2.53 bits per heavy atom. The fourth-order valence-corrected chi connectivity index (χ4v) is 3.89. The van der Waals surface area contributed by atoms with Crippen LogP contribution in [-0.2, 0) is 0 Å². The van der Waals surface area contributed by atoms with Crippen molar-refractivity contribution < 1.29 is 0 Å². The summed E-state index contributed by atoms with van der Waals surface area (Å²) in [5, 5.41) is 3.71. The largest absolute Gasteiger partial charge is 0.313 e. The van der Waals surface area contributed by atoms with Crippen molar-refractivity contribution in [3.63, 3.8) is 0 Å². The Morgan fingerprint density at radius 2 is 1.79 bits per heavy atom. The average molecular weight is 265 g/mol. The third-order valence-corrected chi connectivity index (χ3v) is 5.33. The second-order valence-electron chi connectivity index (χ2n) is 7.89. The van der Waals surface area contributed by atoms with Crippen LogP contribution in [0.3, 0.4) is 0 Å². The van der Waals surface area contributed by atoms with Gasteiger partial charge < -0.3 is 10.2 Å². The Labute approximate surface area is 118 Å². The second kappa shape index (κ2) is 5.34. The summed E-state index contributed by atoms with van der Waals surface area (Å²) in [5.41, 5.74) is 0.407. The molecule has 2 bridgehead atoms. The molecule has 2 aliphatic heterocycles. The Balaban J connectivity index is 1.51. The van der Waals surface area contributed by atoms with Gasteiger partial charge in [-0.1, -0.05) is 13.8 Å². The fourth-order valence-electron chi connectivity index (χ4n) is 3.89. The third-order valence-electron chi connectivity index (χ3n) is 5.33. The van der Waals surface area contributed by atoms with E-state index >= 15 is 0 Å². The van der Waals surface area contributed by atoms with Crippen molar-refractivity contribution in [2.45, 2.75) is 64.1 Å². The number of nitrogens with one attached hydrogen (secondary N) is 1. The molecule has 0 aromatic rings. The standard InChI is InChI=1S/C16H31N3/c1-16(2,11-17-13-4-5-13)12-19-9-8-14-6-7-15(10-19)18(14)3/h13-15,17H,4-12H2,1-3H3. The highest BCUT2D eigenvalue weighted by molar-refractivity contribution is 4.92. The molecule has 2 atom stereocenters. The second-order valence-corrected chi connectivity index (χ2v) is 7.89. The first-order valence-corrected chi connectivity index (χ1v) is 8.21. The van der Waals surface area contributed by atoms with E-state index in [4.69, 9.17) is 0 Å². The summed E-state index contributed by atoms with van der Waals surface area (Å²) >= 11 is 0. The van der Waals surface area contributed by atoms with E-state index in [1.165, 1.54) is 58.3 Å². The van der Waals surface area contributed by atoms with E-state index in [-0.39, 0.29) is 0 Å². The molecule has 0 radical (unpaired) electrons. The Kier molecular flexibility index (Phi) is 3.89. The molecule has 19 heavy (non-hydrogen) atoms. The number of hydrogen-bond donors (Lipinski definition) is 1. The van der Waals surface area contributed by atoms with E-state index in [9.17, 15) is 0 Å². The topological polar surface area (TPSA) is 18.5 Å². The lowest BCUT2D eigenvalue weighted by Gasteiger charge is -2.34. The molecule has 3 fully saturated rings. The average Bonchev–Trinajstić information content (AvgIpc) is 3.10. The van der Waals surface area contributed by atoms with Crippen LogP contribution >= 0.6 is 0 Å². The molecule has 0 amide bonds. The van der Waals surface area contributed by atoms with Gasteiger partial charge in [0.25, 0.3) is 0 Å². The van der Waals surface area contributed by atoms with Gasteiger partial charge in [-0.15, -0.1) is 0 Å². The minimum absolute atomic E-state index is 0.407. The zero-order chi connectivity index (χ0) is 13.5. The van der Waals surface area contributed by atoms with E-state index in [1.54, 1.807) is 0 Å². The van der Waals surface area contributed by atoms with E-state index in [0.717, 1.165) is 18.1 Å². The first-order valence-electron chi connectivity index (χ1n) is 8.21. The molecular weight excluding hydrogens is 234 g/mol. The molecule has 0 spiro atoms. The summed E-state index contributed by atoms with van der Waals surface area (Å²) in [5.74, 6) is 0. The van der Waals surface area contributed by atoms with Gasteiger partial charge in [0.05, 0.1) is 0 Å². The number of hydrogen-bond acceptors (Lipinski definition) is 3. The van der Waals surface area contributed by atoms with Crippen LogP contribution in [0.25, 0.3) is 0 Å². The number of likely N-dealkylation sites (N-methyl/N-ethyl adjacent to an activating group) is 1. The lowest BCUT2D eigenvalue weighted by atomic mass is 9.92. The maximum Gasteiger partial charge on any atom is 0.0223 e. The maximum absolute atomic E-state index is 3.71. The minimum atomic E-state index is 0.407. The smallest absolute Gasteiger partial charge is 0.0223 e. The maximum atomic E-state index is 3.71. The normalized spacial score (nSPS) is 33.6. The summed E-state index contributed by atoms with van der Waals surface area (Å²) in [4.78, 5) is 5.38. The number of likely N-dealkylation sites (tertiary alicyclic amines) is 1. The molecule has 3 rings (SSSR count). The van der Waals surface area contributed by atoms with Crippen molar-refractivity contribution in [2.75, 3.05) is 33.2 Å². The molecule has 0 aromatic carbocycles. The molecule has 3 heteroatoms. The molecule has 3 nitrogen and oxygen atoms in total. The summed E-state index contributed by atoms with van der Waals surface area (Å²) in [6, 6.07) is 2.52. The highest BCUT2D eigenvalue weighted by atomic mass is 15.3. The van der Waals surface area contributed by atoms with Crippen molar-refractivity contribution in [3.8, 4) is 0 Å². The minimum Gasteiger partial charge on any atom is -0.313 e. The van der Waals surface area contributed by atoms with Crippen LogP contribution in [0.1, 0.15) is 46.0 Å². The van der Waals surface area contributed by atoms with E-state index in [1.807, 2.05) is 0 Å². The van der Waals surface area contributed by atoms with Gasteiger partial charge in [-0.05, 0) is 51.1 Å². The van der Waals surface area contributed by atoms with E-state index < -0.39 is 0 Å². The first kappa shape index (κ1) is 13.8. The van der Waals surface area contributed by atoms with Gasteiger partial charge in [-0.2, -0.15) is 0 Å². The lowest BCUT2D eigenvalue weighted by molar-refractivity contribution is 0.157. The molecule has 2 heterocycles. The fraction of sp³-hybridized carbons (Fsp3) is 1.00. The van der Waals surface area contributed by atoms with Gasteiger partial charge in [0.2, 0.25) is 0 Å². The van der Waals surface area contributed by atoms with Crippen LogP contribution in [0.2, 0.25) is 0 Å². The Bertz CT molecular complexity index is 311. The highest BCUT2D eigenvalue weighted by Gasteiger charge is 2.36. The van der Waals surface area contributed by atoms with Gasteiger partial charge in [-0.3, -0.25) is 4.90 Å². The molecule has 110 valence electrons. The summed E-state index contributed by atoms with van der Waals surface area (Å²) in [6.45, 7) is 9.88. The molecular formula is C16H31N3. The van der Waals surface area contributed by atoms with Crippen molar-refractivity contribution >= 4 is 0 Å². The van der Waals surface area contributed by atoms with Crippen molar-refractivity contribution in [3.05, 3.63) is 0 Å². The van der Waals surface area contributed by atoms with Crippen LogP contribution in [0.5, 0.6) is 0 Å². The van der Waals surface area contributed by atoms with Gasteiger partial charge in [0.1, 0.15) is 0 Å². The molecule has 1 saturated carbocycles. The van der Waals surface area contributed by atoms with Crippen LogP contribution in [0, 0.1) is 5.41 Å². The molecule has 1 aliphatic carbocycles. The SMILES string of the molecule is CN1C2CCC1CN(CC(C)(C)CNC1CC1)CC2. The monoisotopic (exact) mass is 265 g/mol. The van der Waals surface area contributed by atoms with Crippen LogP contribution in [0.15, 0.2) is 0 Å². The zero-order valence-corrected chi connectivity index (χ0v) is 13.0. The highest BCUT2D eigenvalue weighted by Crippen LogP contribution is 2.30. The molecule has 3 aliphatic rings. The summed E-state index contributed by atoms with van der Waals surface area (Å²) < 4.78 is 0. The molecule has 2 saturated heterocycles. The van der Waals surface area contributed by atoms with Gasteiger partial charge in [0, 0.05) is 37.8 Å². The zero-order valence-electron chi connectivity index (χ0n) is 13.0. The van der Waals surface area contributed by atoms with E-state index in [0.29, 0.717) is 5.41 Å². The quantitative estimate of drug-likeness (QED) is 0.819. The first-order chi connectivity index (χ1) is 9.03. The van der Waals surface area contributed by atoms with Crippen LogP contribution in [-0.4, -0.2) is 61.2 Å². The predicted octanol–water partition coefficient (Wildman–Crippen LogP) is 1.93. The van der Waals surface area contributed by atoms with Crippen molar-refractivity contribution in [2.24, 2.45) is 5.41 Å². The number of rotatable bonds is 5. The van der Waals surface area contributed by atoms with Gasteiger partial charge in [-0.25, -0.2) is 0 Å². The Morgan fingerprint density at radius 1 is 1.05 bits per heavy atom. The van der Waals surface area contributed by atoms with Gasteiger partial charge >= 0.3 is 0 Å². The predicted molar refractivity (Wildman–Crippen MR) is 80.4 cm³/mol. The van der Waals surface area contributed by atoms with Gasteiger partial charge in [0.15, 0.2) is 0 Å². The Hall–Kier alpha value is -0.120. The number of fused-ring (bicyclic) bond motifs is 2. The molecule has 0 aromatic heterocycles. The van der Waals surface area contributed by atoms with Crippen molar-refractivity contribution in [1.29, 1.82) is 0 Å². The lowest BCUT2D eigenvalue weighted by Crippen LogP contribution is -2.44. The van der Waals surface area contributed by atoms with Crippen molar-refractivity contribution in [1.82, 2.24) is 15.1 Å². The molecule has 2 unspecified atom stereocenters. The van der Waals surface area contributed by atoms with Crippen LogP contribution < -0.4 is 5.32 Å².